The van der Waals surface area contributed by atoms with Crippen molar-refractivity contribution in [2.75, 3.05) is 18.0 Å². The number of piperidine rings is 1. The van der Waals surface area contributed by atoms with Gasteiger partial charge in [-0.05, 0) is 48.2 Å². The Kier molecular flexibility index (Phi) is 5.34. The van der Waals surface area contributed by atoms with Crippen LogP contribution in [0.4, 0.5) is 5.69 Å². The van der Waals surface area contributed by atoms with Gasteiger partial charge in [0.25, 0.3) is 0 Å². The average Bonchev–Trinajstić information content (AvgIpc) is 2.78. The lowest BCUT2D eigenvalue weighted by atomic mass is 9.89. The molecule has 0 saturated carbocycles. The fourth-order valence-electron chi connectivity index (χ4n) is 4.39. The number of carbonyl (C=O) groups excluding carboxylic acids is 3. The summed E-state index contributed by atoms with van der Waals surface area (Å²) in [4.78, 5) is 40.1. The molecule has 6 nitrogen and oxygen atoms in total. The highest BCUT2D eigenvalue weighted by molar-refractivity contribution is 5.88. The van der Waals surface area contributed by atoms with E-state index in [0.717, 1.165) is 49.0 Å². The molecule has 2 aromatic rings. The molecule has 2 aliphatic rings. The largest absolute Gasteiger partial charge is 0.371 e. The number of carbonyl (C=O) groups is 3. The van der Waals surface area contributed by atoms with Gasteiger partial charge in [0, 0.05) is 43.2 Å². The van der Waals surface area contributed by atoms with Crippen LogP contribution in [0, 0.1) is 5.92 Å². The predicted molar refractivity (Wildman–Crippen MR) is 110 cm³/mol. The highest BCUT2D eigenvalue weighted by Gasteiger charge is 2.37. The molecule has 2 heterocycles. The molecule has 0 radical (unpaired) electrons. The highest BCUT2D eigenvalue weighted by Crippen LogP contribution is 2.29. The van der Waals surface area contributed by atoms with Crippen LogP contribution in [0.25, 0.3) is 0 Å². The number of hydrogen-bond donors (Lipinski definition) is 1. The third kappa shape index (κ3) is 3.88. The van der Waals surface area contributed by atoms with Gasteiger partial charge >= 0.3 is 0 Å². The third-order valence-corrected chi connectivity index (χ3v) is 6.10. The van der Waals surface area contributed by atoms with Crippen molar-refractivity contribution in [3.63, 3.8) is 0 Å². The summed E-state index contributed by atoms with van der Waals surface area (Å²) in [5, 5.41) is 0. The summed E-state index contributed by atoms with van der Waals surface area (Å²) in [7, 11) is 0. The van der Waals surface area contributed by atoms with E-state index in [1.807, 2.05) is 48.5 Å². The van der Waals surface area contributed by atoms with Crippen molar-refractivity contribution in [3.05, 3.63) is 65.2 Å². The van der Waals surface area contributed by atoms with Crippen LogP contribution >= 0.6 is 0 Å². The van der Waals surface area contributed by atoms with Crippen LogP contribution in [-0.4, -0.2) is 42.1 Å². The maximum absolute atomic E-state index is 13.3. The Labute approximate surface area is 170 Å². The molecule has 1 saturated heterocycles. The van der Waals surface area contributed by atoms with Crippen molar-refractivity contribution in [2.24, 2.45) is 11.7 Å². The first kappa shape index (κ1) is 19.2. The Hall–Kier alpha value is -3.15. The number of rotatable bonds is 4. The van der Waals surface area contributed by atoms with Gasteiger partial charge in [0.15, 0.2) is 0 Å². The Morgan fingerprint density at radius 2 is 1.62 bits per heavy atom. The van der Waals surface area contributed by atoms with E-state index < -0.39 is 11.9 Å². The topological polar surface area (TPSA) is 83.7 Å². The van der Waals surface area contributed by atoms with Gasteiger partial charge in [-0.3, -0.25) is 14.4 Å². The second kappa shape index (κ2) is 8.07. The molecule has 0 bridgehead atoms. The van der Waals surface area contributed by atoms with Crippen LogP contribution in [0.2, 0.25) is 0 Å². The normalized spacial score (nSPS) is 19.5. The molecule has 0 aromatic heterocycles. The second-order valence-electron chi connectivity index (χ2n) is 7.83. The first-order valence-electron chi connectivity index (χ1n) is 10.0. The minimum Gasteiger partial charge on any atom is -0.371 e. The van der Waals surface area contributed by atoms with Gasteiger partial charge in [-0.15, -0.1) is 0 Å². The first-order valence-corrected chi connectivity index (χ1v) is 10.0. The minimum atomic E-state index is -0.577. The van der Waals surface area contributed by atoms with E-state index in [1.54, 1.807) is 4.90 Å². The quantitative estimate of drug-likeness (QED) is 0.810. The van der Waals surface area contributed by atoms with Crippen molar-refractivity contribution in [3.8, 4) is 0 Å². The Bertz CT molecular complexity index is 917. The fourth-order valence-corrected chi connectivity index (χ4v) is 4.39. The van der Waals surface area contributed by atoms with Gasteiger partial charge in [-0.2, -0.15) is 0 Å². The van der Waals surface area contributed by atoms with Crippen molar-refractivity contribution < 1.29 is 14.4 Å². The van der Waals surface area contributed by atoms with Gasteiger partial charge in [-0.1, -0.05) is 24.3 Å². The molecule has 1 fully saturated rings. The summed E-state index contributed by atoms with van der Waals surface area (Å²) < 4.78 is 0. The third-order valence-electron chi connectivity index (χ3n) is 6.10. The van der Waals surface area contributed by atoms with Crippen molar-refractivity contribution in [1.82, 2.24) is 4.90 Å². The zero-order valence-electron chi connectivity index (χ0n) is 16.3. The maximum atomic E-state index is 13.3. The summed E-state index contributed by atoms with van der Waals surface area (Å²) in [5.41, 5.74) is 9.53. The number of anilines is 1. The molecule has 2 aliphatic heterocycles. The van der Waals surface area contributed by atoms with Crippen LogP contribution in [-0.2, 0) is 22.6 Å². The summed E-state index contributed by atoms with van der Waals surface area (Å²) in [6.07, 6.45) is 2.79. The van der Waals surface area contributed by atoms with Crippen molar-refractivity contribution >= 4 is 23.8 Å². The number of fused-ring (bicyclic) bond motifs is 1. The van der Waals surface area contributed by atoms with Crippen LogP contribution in [0.3, 0.4) is 0 Å². The van der Waals surface area contributed by atoms with Crippen LogP contribution in [0.15, 0.2) is 48.5 Å². The van der Waals surface area contributed by atoms with Crippen LogP contribution in [0.5, 0.6) is 0 Å². The molecule has 1 atom stereocenters. The molecule has 150 valence electrons. The van der Waals surface area contributed by atoms with E-state index in [9.17, 15) is 14.4 Å². The van der Waals surface area contributed by atoms with E-state index >= 15 is 0 Å². The zero-order valence-corrected chi connectivity index (χ0v) is 16.3. The summed E-state index contributed by atoms with van der Waals surface area (Å²) in [5.74, 6) is -0.521. The summed E-state index contributed by atoms with van der Waals surface area (Å²) in [6.45, 7) is 1.97. The molecule has 2 N–H and O–H groups in total. The maximum Gasteiger partial charge on any atom is 0.240 e. The minimum absolute atomic E-state index is 0.0271. The molecular weight excluding hydrogens is 366 g/mol. The van der Waals surface area contributed by atoms with Crippen LogP contribution < -0.4 is 10.6 Å². The van der Waals surface area contributed by atoms with Crippen molar-refractivity contribution in [2.45, 2.75) is 31.8 Å². The summed E-state index contributed by atoms with van der Waals surface area (Å²) >= 11 is 0. The molecule has 0 aliphatic carbocycles. The Morgan fingerprint density at radius 3 is 2.24 bits per heavy atom. The Morgan fingerprint density at radius 1 is 0.966 bits per heavy atom. The first-order chi connectivity index (χ1) is 14.1. The monoisotopic (exact) mass is 391 g/mol. The molecule has 4 rings (SSSR count). The molecule has 2 aromatic carbocycles. The number of amides is 2. The number of aldehydes is 1. The van der Waals surface area contributed by atoms with E-state index in [2.05, 4.69) is 4.90 Å². The van der Waals surface area contributed by atoms with Gasteiger partial charge in [-0.25, -0.2) is 0 Å². The van der Waals surface area contributed by atoms with Gasteiger partial charge in [0.1, 0.15) is 12.3 Å². The molecule has 0 unspecified atom stereocenters. The zero-order chi connectivity index (χ0) is 20.4. The SMILES string of the molecule is NC(=O)[C@@H]1Cc2ccccc2CN1C(=O)C1CCN(c2ccc(C=O)cc2)CC1. The lowest BCUT2D eigenvalue weighted by Crippen LogP contribution is -2.53. The van der Waals surface area contributed by atoms with Gasteiger partial charge < -0.3 is 15.5 Å². The highest BCUT2D eigenvalue weighted by atomic mass is 16.2. The smallest absolute Gasteiger partial charge is 0.240 e. The number of nitrogens with zero attached hydrogens (tertiary/aromatic N) is 2. The van der Waals surface area contributed by atoms with E-state index in [1.165, 1.54) is 0 Å². The predicted octanol–water partition coefficient (Wildman–Crippen LogP) is 2.15. The second-order valence-corrected chi connectivity index (χ2v) is 7.83. The number of benzene rings is 2. The van der Waals surface area contributed by atoms with Crippen molar-refractivity contribution in [1.29, 1.82) is 0 Å². The molecule has 0 spiro atoms. The number of hydrogen-bond acceptors (Lipinski definition) is 4. The fraction of sp³-hybridized carbons (Fsp3) is 0.348. The lowest BCUT2D eigenvalue weighted by molar-refractivity contribution is -0.144. The molecule has 2 amide bonds. The Balaban J connectivity index is 1.44. The lowest BCUT2D eigenvalue weighted by Gasteiger charge is -2.40. The molecular formula is C23H25N3O3. The summed E-state index contributed by atoms with van der Waals surface area (Å²) in [6, 6.07) is 14.8. The van der Waals surface area contributed by atoms with Gasteiger partial charge in [0.2, 0.25) is 11.8 Å². The van der Waals surface area contributed by atoms with E-state index in [-0.39, 0.29) is 11.8 Å². The van der Waals surface area contributed by atoms with Gasteiger partial charge in [0.05, 0.1) is 0 Å². The molecule has 6 heteroatoms. The molecule has 29 heavy (non-hydrogen) atoms. The average molecular weight is 391 g/mol. The number of primary amides is 1. The van der Waals surface area contributed by atoms with E-state index in [0.29, 0.717) is 18.5 Å². The van der Waals surface area contributed by atoms with Crippen LogP contribution in [0.1, 0.15) is 34.3 Å². The standard InChI is InChI=1S/C23H25N3O3/c24-22(28)21-13-18-3-1-2-4-19(18)14-26(21)23(29)17-9-11-25(12-10-17)20-7-5-16(15-27)6-8-20/h1-8,15,17,21H,9-14H2,(H2,24,28)/t21-/m0/s1. The number of nitrogens with two attached hydrogens (primary N) is 1. The van der Waals surface area contributed by atoms with E-state index in [4.69, 9.17) is 5.73 Å².